The van der Waals surface area contributed by atoms with E-state index in [1.54, 1.807) is 0 Å². The van der Waals surface area contributed by atoms with Gasteiger partial charge < -0.3 is 9.22 Å². The van der Waals surface area contributed by atoms with Crippen molar-refractivity contribution in [3.05, 3.63) is 35.9 Å². The summed E-state index contributed by atoms with van der Waals surface area (Å²) >= 11 is 0. The smallest absolute Gasteiger partial charge is 0.311 e. The van der Waals surface area contributed by atoms with Crippen LogP contribution in [0.5, 0.6) is 0 Å². The summed E-state index contributed by atoms with van der Waals surface area (Å²) in [7, 11) is 4.33. The summed E-state index contributed by atoms with van der Waals surface area (Å²) in [6, 6.07) is 10.4. The van der Waals surface area contributed by atoms with E-state index in [1.807, 2.05) is 6.07 Å². The number of rotatable bonds is 13. The van der Waals surface area contributed by atoms with Crippen LogP contribution in [-0.2, 0) is 16.1 Å². The van der Waals surface area contributed by atoms with E-state index in [1.165, 1.54) is 44.1 Å². The van der Waals surface area contributed by atoms with Gasteiger partial charge in [-0.3, -0.25) is 4.79 Å². The molecule has 0 radical (unpaired) electrons. The highest BCUT2D eigenvalue weighted by Gasteiger charge is 2.18. The summed E-state index contributed by atoms with van der Waals surface area (Å²) in [6.45, 7) is 4.56. The fraction of sp³-hybridized carbons (Fsp3) is 0.667. The molecule has 1 aromatic carbocycles. The first kappa shape index (κ1) is 20.7. The van der Waals surface area contributed by atoms with Crippen molar-refractivity contribution in [2.75, 3.05) is 27.2 Å². The highest BCUT2D eigenvalue weighted by atomic mass is 16.5. The van der Waals surface area contributed by atoms with Gasteiger partial charge in [-0.15, -0.1) is 0 Å². The van der Waals surface area contributed by atoms with Crippen LogP contribution in [0.4, 0.5) is 0 Å². The van der Waals surface area contributed by atoms with Gasteiger partial charge in [0.15, 0.2) is 0 Å². The van der Waals surface area contributed by atoms with E-state index in [0.717, 1.165) is 24.0 Å². The van der Waals surface area contributed by atoms with E-state index in [4.69, 9.17) is 4.74 Å². The predicted octanol–water partition coefficient (Wildman–Crippen LogP) is 4.95. The predicted molar refractivity (Wildman–Crippen MR) is 101 cm³/mol. The van der Waals surface area contributed by atoms with Crippen LogP contribution in [0.3, 0.4) is 0 Å². The van der Waals surface area contributed by atoms with E-state index in [0.29, 0.717) is 13.0 Å². The third kappa shape index (κ3) is 10.4. The normalized spacial score (nSPS) is 11.5. The molecular formula is C21H36NO2+. The zero-order valence-electron chi connectivity index (χ0n) is 15.9. The molecule has 0 fully saturated rings. The number of hydrogen-bond donors (Lipinski definition) is 0. The fourth-order valence-corrected chi connectivity index (χ4v) is 2.87. The molecule has 136 valence electrons. The Kier molecular flexibility index (Phi) is 10.4. The Labute approximate surface area is 148 Å². The van der Waals surface area contributed by atoms with Crippen LogP contribution in [-0.4, -0.2) is 37.7 Å². The molecule has 0 heterocycles. The van der Waals surface area contributed by atoms with Crippen molar-refractivity contribution in [2.45, 2.75) is 64.8 Å². The van der Waals surface area contributed by atoms with Gasteiger partial charge in [-0.2, -0.15) is 0 Å². The molecule has 0 unspecified atom stereocenters. The van der Waals surface area contributed by atoms with Crippen LogP contribution in [0.25, 0.3) is 0 Å². The zero-order chi connectivity index (χ0) is 17.7. The Morgan fingerprint density at radius 1 is 0.958 bits per heavy atom. The molecule has 0 N–H and O–H groups in total. The molecular weight excluding hydrogens is 298 g/mol. The molecule has 3 nitrogen and oxygen atoms in total. The Hall–Kier alpha value is -1.35. The van der Waals surface area contributed by atoms with E-state index in [9.17, 15) is 4.79 Å². The Morgan fingerprint density at radius 3 is 2.25 bits per heavy atom. The summed E-state index contributed by atoms with van der Waals surface area (Å²) in [6.07, 6.45) is 9.21. The molecule has 0 atom stereocenters. The number of hydrogen-bond acceptors (Lipinski definition) is 2. The lowest BCUT2D eigenvalue weighted by Crippen LogP contribution is -2.40. The zero-order valence-corrected chi connectivity index (χ0v) is 15.9. The van der Waals surface area contributed by atoms with Gasteiger partial charge in [0.25, 0.3) is 0 Å². The number of esters is 1. The molecule has 0 saturated carbocycles. The summed E-state index contributed by atoms with van der Waals surface area (Å²) in [4.78, 5) is 11.9. The SMILES string of the molecule is CCCCCCCCCOC(=O)CC[N+](C)(C)Cc1ccccc1. The average Bonchev–Trinajstić information content (AvgIpc) is 2.56. The minimum Gasteiger partial charge on any atom is -0.466 e. The standard InChI is InChI=1S/C21H36NO2/c1-4-5-6-7-8-9-13-18-24-21(23)16-17-22(2,3)19-20-14-11-10-12-15-20/h10-12,14-15H,4-9,13,16-19H2,1-3H3/q+1. The number of benzene rings is 1. The first-order valence-electron chi connectivity index (χ1n) is 9.55. The van der Waals surface area contributed by atoms with Crippen LogP contribution in [0.2, 0.25) is 0 Å². The first-order valence-corrected chi connectivity index (χ1v) is 9.55. The van der Waals surface area contributed by atoms with Crippen molar-refractivity contribution in [3.8, 4) is 0 Å². The van der Waals surface area contributed by atoms with Crippen LogP contribution >= 0.6 is 0 Å². The summed E-state index contributed by atoms with van der Waals surface area (Å²) < 4.78 is 6.17. The molecule has 0 aliphatic heterocycles. The molecule has 1 aromatic rings. The third-order valence-corrected chi connectivity index (χ3v) is 4.39. The number of quaternary nitrogens is 1. The number of nitrogens with zero attached hydrogens (tertiary/aromatic N) is 1. The molecule has 0 amide bonds. The molecule has 0 bridgehead atoms. The van der Waals surface area contributed by atoms with Crippen molar-refractivity contribution < 1.29 is 14.0 Å². The number of carbonyl (C=O) groups excluding carboxylic acids is 1. The lowest BCUT2D eigenvalue weighted by Gasteiger charge is -2.29. The Bertz CT molecular complexity index is 442. The lowest BCUT2D eigenvalue weighted by molar-refractivity contribution is -0.903. The molecule has 24 heavy (non-hydrogen) atoms. The van der Waals surface area contributed by atoms with Gasteiger partial charge in [0, 0.05) is 5.56 Å². The van der Waals surface area contributed by atoms with Gasteiger partial charge in [-0.25, -0.2) is 0 Å². The number of ether oxygens (including phenoxy) is 1. The Morgan fingerprint density at radius 2 is 1.58 bits per heavy atom. The maximum Gasteiger partial charge on any atom is 0.311 e. The average molecular weight is 335 g/mol. The molecule has 0 saturated heterocycles. The van der Waals surface area contributed by atoms with Gasteiger partial charge in [0.05, 0.1) is 33.7 Å². The van der Waals surface area contributed by atoms with Gasteiger partial charge in [-0.05, 0) is 6.42 Å². The van der Waals surface area contributed by atoms with Gasteiger partial charge in [0.1, 0.15) is 6.54 Å². The van der Waals surface area contributed by atoms with Crippen LogP contribution in [0.15, 0.2) is 30.3 Å². The molecule has 0 aliphatic carbocycles. The van der Waals surface area contributed by atoms with Crippen LogP contribution in [0.1, 0.15) is 63.9 Å². The highest BCUT2D eigenvalue weighted by molar-refractivity contribution is 5.69. The van der Waals surface area contributed by atoms with Crippen molar-refractivity contribution in [3.63, 3.8) is 0 Å². The summed E-state index contributed by atoms with van der Waals surface area (Å²) in [5, 5.41) is 0. The molecule has 0 aliphatic rings. The second kappa shape index (κ2) is 12.1. The van der Waals surface area contributed by atoms with Crippen molar-refractivity contribution >= 4 is 5.97 Å². The highest BCUT2D eigenvalue weighted by Crippen LogP contribution is 2.11. The first-order chi connectivity index (χ1) is 11.5. The topological polar surface area (TPSA) is 26.3 Å². The van der Waals surface area contributed by atoms with Crippen molar-refractivity contribution in [1.29, 1.82) is 0 Å². The second-order valence-electron chi connectivity index (χ2n) is 7.39. The molecule has 0 spiro atoms. The monoisotopic (exact) mass is 334 g/mol. The minimum atomic E-state index is -0.0553. The van der Waals surface area contributed by atoms with Crippen LogP contribution in [0, 0.1) is 0 Å². The van der Waals surface area contributed by atoms with Gasteiger partial charge in [0.2, 0.25) is 0 Å². The van der Waals surface area contributed by atoms with E-state index in [-0.39, 0.29) is 5.97 Å². The maximum absolute atomic E-state index is 11.9. The summed E-state index contributed by atoms with van der Waals surface area (Å²) in [5.74, 6) is -0.0553. The van der Waals surface area contributed by atoms with Gasteiger partial charge >= 0.3 is 5.97 Å². The van der Waals surface area contributed by atoms with E-state index in [2.05, 4.69) is 45.3 Å². The number of carbonyl (C=O) groups is 1. The maximum atomic E-state index is 11.9. The quantitative estimate of drug-likeness (QED) is 0.290. The Balaban J connectivity index is 2.08. The van der Waals surface area contributed by atoms with E-state index >= 15 is 0 Å². The van der Waals surface area contributed by atoms with Crippen LogP contribution < -0.4 is 0 Å². The molecule has 1 rings (SSSR count). The molecule has 3 heteroatoms. The van der Waals surface area contributed by atoms with Gasteiger partial charge in [-0.1, -0.05) is 75.8 Å². The second-order valence-corrected chi connectivity index (χ2v) is 7.39. The van der Waals surface area contributed by atoms with E-state index < -0.39 is 0 Å². The summed E-state index contributed by atoms with van der Waals surface area (Å²) in [5.41, 5.74) is 1.30. The lowest BCUT2D eigenvalue weighted by atomic mass is 10.1. The number of unbranched alkanes of at least 4 members (excludes halogenated alkanes) is 6. The molecule has 0 aromatic heterocycles. The van der Waals surface area contributed by atoms with Crippen molar-refractivity contribution in [2.24, 2.45) is 0 Å². The largest absolute Gasteiger partial charge is 0.466 e. The fourth-order valence-electron chi connectivity index (χ4n) is 2.87. The van der Waals surface area contributed by atoms with Crippen molar-refractivity contribution in [1.82, 2.24) is 0 Å². The minimum absolute atomic E-state index is 0.0553. The third-order valence-electron chi connectivity index (χ3n) is 4.39.